The van der Waals surface area contributed by atoms with Gasteiger partial charge in [-0.1, -0.05) is 0 Å². The number of rotatable bonds is 4. The SMILES string of the molecule is COC(=O)Cc1c(OC(F)(F)F)cnc(C)c1OC. The molecule has 0 unspecified atom stereocenters. The Kier molecular flexibility index (Phi) is 4.57. The van der Waals surface area contributed by atoms with E-state index in [2.05, 4.69) is 14.5 Å². The molecule has 0 fully saturated rings. The molecule has 0 aliphatic heterocycles. The number of halogens is 3. The number of hydrogen-bond donors (Lipinski definition) is 0. The predicted molar refractivity (Wildman–Crippen MR) is 57.9 cm³/mol. The molecule has 0 saturated heterocycles. The zero-order valence-corrected chi connectivity index (χ0v) is 10.5. The van der Waals surface area contributed by atoms with E-state index in [1.807, 2.05) is 0 Å². The minimum absolute atomic E-state index is 0.0563. The number of aromatic nitrogens is 1. The van der Waals surface area contributed by atoms with E-state index in [1.165, 1.54) is 14.0 Å². The van der Waals surface area contributed by atoms with Crippen LogP contribution in [0.5, 0.6) is 11.5 Å². The molecule has 19 heavy (non-hydrogen) atoms. The molecule has 0 saturated carbocycles. The van der Waals surface area contributed by atoms with Gasteiger partial charge in [-0.15, -0.1) is 13.2 Å². The Bertz CT molecular complexity index is 474. The van der Waals surface area contributed by atoms with E-state index in [1.54, 1.807) is 0 Å². The van der Waals surface area contributed by atoms with Crippen LogP contribution in [0.3, 0.4) is 0 Å². The van der Waals surface area contributed by atoms with E-state index in [0.29, 0.717) is 5.69 Å². The number of carbonyl (C=O) groups excluding carboxylic acids is 1. The zero-order valence-electron chi connectivity index (χ0n) is 10.5. The Morgan fingerprint density at radius 2 is 2.00 bits per heavy atom. The Morgan fingerprint density at radius 1 is 1.37 bits per heavy atom. The summed E-state index contributed by atoms with van der Waals surface area (Å²) in [7, 11) is 2.40. The van der Waals surface area contributed by atoms with Crippen molar-refractivity contribution < 1.29 is 32.2 Å². The van der Waals surface area contributed by atoms with Crippen LogP contribution < -0.4 is 9.47 Å². The van der Waals surface area contributed by atoms with Gasteiger partial charge in [-0.25, -0.2) is 0 Å². The first-order chi connectivity index (χ1) is 8.78. The number of aryl methyl sites for hydroxylation is 1. The maximum atomic E-state index is 12.3. The first kappa shape index (κ1) is 15.1. The van der Waals surface area contributed by atoms with Crippen LogP contribution in [0.1, 0.15) is 11.3 Å². The highest BCUT2D eigenvalue weighted by Crippen LogP contribution is 2.34. The van der Waals surface area contributed by atoms with Gasteiger partial charge in [-0.2, -0.15) is 0 Å². The number of methoxy groups -OCH3 is 2. The van der Waals surface area contributed by atoms with Crippen molar-refractivity contribution >= 4 is 5.97 Å². The smallest absolute Gasteiger partial charge is 0.494 e. The van der Waals surface area contributed by atoms with Crippen molar-refractivity contribution in [1.82, 2.24) is 4.98 Å². The summed E-state index contributed by atoms with van der Waals surface area (Å²) in [5.41, 5.74) is 0.287. The quantitative estimate of drug-likeness (QED) is 0.789. The van der Waals surface area contributed by atoms with Gasteiger partial charge in [0, 0.05) is 0 Å². The largest absolute Gasteiger partial charge is 0.573 e. The van der Waals surface area contributed by atoms with Crippen molar-refractivity contribution in [2.24, 2.45) is 0 Å². The number of carbonyl (C=O) groups is 1. The van der Waals surface area contributed by atoms with Gasteiger partial charge in [0.15, 0.2) is 5.75 Å². The van der Waals surface area contributed by atoms with Gasteiger partial charge < -0.3 is 14.2 Å². The first-order valence-corrected chi connectivity index (χ1v) is 5.13. The van der Waals surface area contributed by atoms with Crippen molar-refractivity contribution in [2.75, 3.05) is 14.2 Å². The lowest BCUT2D eigenvalue weighted by Crippen LogP contribution is -2.19. The monoisotopic (exact) mass is 279 g/mol. The summed E-state index contributed by atoms with van der Waals surface area (Å²) in [4.78, 5) is 15.0. The first-order valence-electron chi connectivity index (χ1n) is 5.13. The fourth-order valence-corrected chi connectivity index (χ4v) is 1.49. The molecule has 106 valence electrons. The summed E-state index contributed by atoms with van der Waals surface area (Å²) in [6.07, 6.45) is -4.40. The highest BCUT2D eigenvalue weighted by molar-refractivity contribution is 5.75. The van der Waals surface area contributed by atoms with Crippen molar-refractivity contribution in [3.8, 4) is 11.5 Å². The molecule has 1 aromatic heterocycles. The molecule has 0 amide bonds. The molecule has 0 spiro atoms. The lowest BCUT2D eigenvalue weighted by atomic mass is 10.1. The predicted octanol–water partition coefficient (Wildman–Crippen LogP) is 2.01. The van der Waals surface area contributed by atoms with Crippen LogP contribution in [0.25, 0.3) is 0 Å². The molecule has 0 bridgehead atoms. The van der Waals surface area contributed by atoms with Crippen LogP contribution in [-0.2, 0) is 16.0 Å². The number of hydrogen-bond acceptors (Lipinski definition) is 5. The third-order valence-corrected chi connectivity index (χ3v) is 2.25. The Hall–Kier alpha value is -1.99. The second-order valence-corrected chi connectivity index (χ2v) is 3.52. The molecule has 1 aromatic rings. The minimum atomic E-state index is -4.88. The van der Waals surface area contributed by atoms with Gasteiger partial charge in [0.1, 0.15) is 5.75 Å². The average Bonchev–Trinajstić information content (AvgIpc) is 2.31. The molecule has 0 N–H and O–H groups in total. The van der Waals surface area contributed by atoms with Crippen LogP contribution in [0.15, 0.2) is 6.20 Å². The molecule has 1 heterocycles. The highest BCUT2D eigenvalue weighted by atomic mass is 19.4. The second-order valence-electron chi connectivity index (χ2n) is 3.52. The number of ether oxygens (including phenoxy) is 3. The van der Waals surface area contributed by atoms with E-state index in [4.69, 9.17) is 4.74 Å². The normalized spacial score (nSPS) is 11.1. The number of nitrogens with zero attached hydrogens (tertiary/aromatic N) is 1. The third-order valence-electron chi connectivity index (χ3n) is 2.25. The molecule has 0 atom stereocenters. The van der Waals surface area contributed by atoms with Gasteiger partial charge in [-0.3, -0.25) is 9.78 Å². The highest BCUT2D eigenvalue weighted by Gasteiger charge is 2.33. The van der Waals surface area contributed by atoms with Crippen LogP contribution >= 0.6 is 0 Å². The van der Waals surface area contributed by atoms with E-state index in [9.17, 15) is 18.0 Å². The van der Waals surface area contributed by atoms with Crippen molar-refractivity contribution in [2.45, 2.75) is 19.7 Å². The fraction of sp³-hybridized carbons (Fsp3) is 0.455. The molecule has 0 aromatic carbocycles. The molecular weight excluding hydrogens is 267 g/mol. The number of pyridine rings is 1. The summed E-state index contributed by atoms with van der Waals surface area (Å²) in [5.74, 6) is -1.23. The summed E-state index contributed by atoms with van der Waals surface area (Å²) in [6.45, 7) is 1.54. The lowest BCUT2D eigenvalue weighted by molar-refractivity contribution is -0.275. The molecule has 1 rings (SSSR count). The van der Waals surface area contributed by atoms with Crippen LogP contribution in [0.2, 0.25) is 0 Å². The molecule has 0 aliphatic carbocycles. The standard InChI is InChI=1S/C11H12F3NO4/c1-6-10(18-3)7(4-9(16)17-2)8(5-15-6)19-11(12,13)14/h5H,4H2,1-3H3. The average molecular weight is 279 g/mol. The van der Waals surface area contributed by atoms with Crippen molar-refractivity contribution in [3.05, 3.63) is 17.5 Å². The molecular formula is C11H12F3NO4. The Labute approximate surface area is 107 Å². The van der Waals surface area contributed by atoms with Crippen LogP contribution in [-0.4, -0.2) is 31.5 Å². The van der Waals surface area contributed by atoms with Crippen LogP contribution in [0, 0.1) is 6.92 Å². The zero-order chi connectivity index (χ0) is 14.6. The molecule has 0 aliphatic rings. The van der Waals surface area contributed by atoms with Gasteiger partial charge >= 0.3 is 12.3 Å². The van der Waals surface area contributed by atoms with Crippen LogP contribution in [0.4, 0.5) is 13.2 Å². The maximum Gasteiger partial charge on any atom is 0.573 e. The molecule has 8 heteroatoms. The molecule has 0 radical (unpaired) electrons. The van der Waals surface area contributed by atoms with E-state index in [0.717, 1.165) is 13.3 Å². The summed E-state index contributed by atoms with van der Waals surface area (Å²) >= 11 is 0. The summed E-state index contributed by atoms with van der Waals surface area (Å²) < 4.78 is 50.0. The Morgan fingerprint density at radius 3 is 2.47 bits per heavy atom. The second kappa shape index (κ2) is 5.77. The van der Waals surface area contributed by atoms with Crippen molar-refractivity contribution in [3.63, 3.8) is 0 Å². The third kappa shape index (κ3) is 4.01. The van der Waals surface area contributed by atoms with E-state index < -0.39 is 24.5 Å². The number of alkyl halides is 3. The van der Waals surface area contributed by atoms with Gasteiger partial charge in [0.25, 0.3) is 0 Å². The minimum Gasteiger partial charge on any atom is -0.494 e. The lowest BCUT2D eigenvalue weighted by Gasteiger charge is -2.16. The van der Waals surface area contributed by atoms with Crippen molar-refractivity contribution in [1.29, 1.82) is 0 Å². The van der Waals surface area contributed by atoms with E-state index in [-0.39, 0.29) is 11.3 Å². The topological polar surface area (TPSA) is 57.7 Å². The fourth-order valence-electron chi connectivity index (χ4n) is 1.49. The summed E-state index contributed by atoms with van der Waals surface area (Å²) in [5, 5.41) is 0. The summed E-state index contributed by atoms with van der Waals surface area (Å²) in [6, 6.07) is 0. The number of esters is 1. The van der Waals surface area contributed by atoms with Gasteiger partial charge in [0.2, 0.25) is 0 Å². The molecule has 5 nitrogen and oxygen atoms in total. The maximum absolute atomic E-state index is 12.3. The van der Waals surface area contributed by atoms with E-state index >= 15 is 0 Å². The Balaban J connectivity index is 3.25. The van der Waals surface area contributed by atoms with Gasteiger partial charge in [0.05, 0.1) is 38.1 Å². The van der Waals surface area contributed by atoms with Gasteiger partial charge in [-0.05, 0) is 6.92 Å².